The van der Waals surface area contributed by atoms with Gasteiger partial charge in [0.15, 0.2) is 0 Å². The molecule has 110 valence electrons. The van der Waals surface area contributed by atoms with Crippen LogP contribution in [0.2, 0.25) is 0 Å². The quantitative estimate of drug-likeness (QED) is 0.890. The van der Waals surface area contributed by atoms with Gasteiger partial charge in [-0.3, -0.25) is 14.7 Å². The third-order valence-electron chi connectivity index (χ3n) is 3.72. The summed E-state index contributed by atoms with van der Waals surface area (Å²) in [7, 11) is 0. The molecule has 1 aliphatic heterocycles. The fourth-order valence-electron chi connectivity index (χ4n) is 2.69. The number of primary amides is 1. The van der Waals surface area contributed by atoms with Gasteiger partial charge in [-0.25, -0.2) is 4.98 Å². The van der Waals surface area contributed by atoms with E-state index in [4.69, 9.17) is 5.73 Å². The molecule has 0 aliphatic carbocycles. The molecular weight excluding hydrogens is 290 g/mol. The maximum Gasteiger partial charge on any atom is 0.266 e. The molecule has 1 saturated heterocycles. The van der Waals surface area contributed by atoms with Crippen LogP contribution in [-0.4, -0.2) is 38.4 Å². The number of likely N-dealkylation sites (tertiary alicyclic amines) is 1. The summed E-state index contributed by atoms with van der Waals surface area (Å²) < 4.78 is 0. The van der Waals surface area contributed by atoms with Crippen molar-refractivity contribution in [2.24, 2.45) is 5.73 Å². The summed E-state index contributed by atoms with van der Waals surface area (Å²) in [6.45, 7) is 2.47. The standard InChI is InChI=1S/C13H15N5O2S/c1-7-11(21-6-15-7)13(20)18-4-2-3-9(18)10-8(12(14)19)5-16-17-10/h5-6,9H,2-4H2,1H3,(H2,14,19)(H,16,17)/t9-/m0/s1. The van der Waals surface area contributed by atoms with E-state index in [1.54, 1.807) is 10.4 Å². The molecule has 1 fully saturated rings. The lowest BCUT2D eigenvalue weighted by molar-refractivity contribution is 0.0734. The molecule has 3 heterocycles. The van der Waals surface area contributed by atoms with E-state index >= 15 is 0 Å². The monoisotopic (exact) mass is 305 g/mol. The van der Waals surface area contributed by atoms with Crippen molar-refractivity contribution in [2.45, 2.75) is 25.8 Å². The molecule has 3 N–H and O–H groups in total. The van der Waals surface area contributed by atoms with Crippen LogP contribution in [0.25, 0.3) is 0 Å². The predicted octanol–water partition coefficient (Wildman–Crippen LogP) is 1.25. The van der Waals surface area contributed by atoms with Gasteiger partial charge in [0, 0.05) is 6.54 Å². The summed E-state index contributed by atoms with van der Waals surface area (Å²) in [5, 5.41) is 6.71. The van der Waals surface area contributed by atoms with E-state index in [9.17, 15) is 9.59 Å². The highest BCUT2D eigenvalue weighted by Gasteiger charge is 2.35. The molecule has 21 heavy (non-hydrogen) atoms. The number of hydrogen-bond donors (Lipinski definition) is 2. The van der Waals surface area contributed by atoms with Crippen molar-refractivity contribution in [3.05, 3.63) is 33.5 Å². The second-order valence-electron chi connectivity index (χ2n) is 4.99. The number of thiazole rings is 1. The number of aromatic nitrogens is 3. The molecular formula is C13H15N5O2S. The molecule has 8 heteroatoms. The molecule has 1 atom stereocenters. The Labute approximate surface area is 125 Å². The molecule has 0 radical (unpaired) electrons. The number of nitrogens with two attached hydrogens (primary N) is 1. The van der Waals surface area contributed by atoms with Gasteiger partial charge >= 0.3 is 0 Å². The van der Waals surface area contributed by atoms with E-state index in [1.165, 1.54) is 17.5 Å². The van der Waals surface area contributed by atoms with Crippen molar-refractivity contribution in [1.29, 1.82) is 0 Å². The van der Waals surface area contributed by atoms with Gasteiger partial charge in [-0.2, -0.15) is 5.10 Å². The zero-order valence-corrected chi connectivity index (χ0v) is 12.3. The summed E-state index contributed by atoms with van der Waals surface area (Å²) in [5.41, 5.74) is 8.72. The number of nitrogens with one attached hydrogen (secondary N) is 1. The maximum absolute atomic E-state index is 12.7. The number of amides is 2. The smallest absolute Gasteiger partial charge is 0.266 e. The van der Waals surface area contributed by atoms with Gasteiger partial charge in [-0.15, -0.1) is 11.3 Å². The third-order valence-corrected chi connectivity index (χ3v) is 4.64. The fourth-order valence-corrected chi connectivity index (χ4v) is 3.45. The summed E-state index contributed by atoms with van der Waals surface area (Å²) in [6, 6.07) is -0.191. The first-order chi connectivity index (χ1) is 10.1. The van der Waals surface area contributed by atoms with Crippen LogP contribution in [0.1, 0.15) is 50.3 Å². The van der Waals surface area contributed by atoms with Crippen LogP contribution in [0.15, 0.2) is 11.7 Å². The van der Waals surface area contributed by atoms with Gasteiger partial charge in [0.05, 0.1) is 34.7 Å². The third kappa shape index (κ3) is 2.31. The highest BCUT2D eigenvalue weighted by molar-refractivity contribution is 7.11. The van der Waals surface area contributed by atoms with Gasteiger partial charge in [-0.05, 0) is 19.8 Å². The number of rotatable bonds is 3. The molecule has 0 aromatic carbocycles. The van der Waals surface area contributed by atoms with E-state index in [0.717, 1.165) is 18.5 Å². The Morgan fingerprint density at radius 1 is 1.52 bits per heavy atom. The number of aromatic amines is 1. The summed E-state index contributed by atoms with van der Waals surface area (Å²) >= 11 is 1.33. The fraction of sp³-hybridized carbons (Fsp3) is 0.385. The van der Waals surface area contributed by atoms with Crippen LogP contribution in [-0.2, 0) is 0 Å². The van der Waals surface area contributed by atoms with Crippen LogP contribution in [0.5, 0.6) is 0 Å². The second kappa shape index (κ2) is 5.28. The Bertz CT molecular complexity index is 692. The van der Waals surface area contributed by atoms with Crippen molar-refractivity contribution in [2.75, 3.05) is 6.54 Å². The second-order valence-corrected chi connectivity index (χ2v) is 5.84. The van der Waals surface area contributed by atoms with Gasteiger partial charge < -0.3 is 10.6 Å². The maximum atomic E-state index is 12.7. The van der Waals surface area contributed by atoms with Crippen LogP contribution in [0.3, 0.4) is 0 Å². The van der Waals surface area contributed by atoms with Crippen molar-refractivity contribution < 1.29 is 9.59 Å². The lowest BCUT2D eigenvalue weighted by atomic mass is 10.1. The summed E-state index contributed by atoms with van der Waals surface area (Å²) in [5.74, 6) is -0.588. The van der Waals surface area contributed by atoms with Crippen molar-refractivity contribution in [1.82, 2.24) is 20.1 Å². The minimum atomic E-state index is -0.535. The van der Waals surface area contributed by atoms with E-state index in [0.29, 0.717) is 22.7 Å². The first kappa shape index (κ1) is 13.7. The Kier molecular flexibility index (Phi) is 3.46. The van der Waals surface area contributed by atoms with Gasteiger partial charge in [-0.1, -0.05) is 0 Å². The molecule has 0 bridgehead atoms. The normalized spacial score (nSPS) is 18.1. The van der Waals surface area contributed by atoms with E-state index < -0.39 is 5.91 Å². The highest BCUT2D eigenvalue weighted by Crippen LogP contribution is 2.34. The molecule has 0 unspecified atom stereocenters. The van der Waals surface area contributed by atoms with Gasteiger partial charge in [0.25, 0.3) is 11.8 Å². The first-order valence-corrected chi connectivity index (χ1v) is 7.51. The number of aryl methyl sites for hydroxylation is 1. The first-order valence-electron chi connectivity index (χ1n) is 6.63. The number of carbonyl (C=O) groups excluding carboxylic acids is 2. The lowest BCUT2D eigenvalue weighted by Gasteiger charge is -2.24. The highest BCUT2D eigenvalue weighted by atomic mass is 32.1. The van der Waals surface area contributed by atoms with E-state index in [-0.39, 0.29) is 11.9 Å². The molecule has 2 aromatic heterocycles. The molecule has 7 nitrogen and oxygen atoms in total. The average Bonchev–Trinajstić information content (AvgIpc) is 3.17. The Morgan fingerprint density at radius 3 is 3.00 bits per heavy atom. The number of nitrogens with zero attached hydrogens (tertiary/aromatic N) is 3. The van der Waals surface area contributed by atoms with E-state index in [1.807, 2.05) is 6.92 Å². The predicted molar refractivity (Wildman–Crippen MR) is 77.0 cm³/mol. The van der Waals surface area contributed by atoms with Gasteiger partial charge in [0.1, 0.15) is 4.88 Å². The molecule has 0 spiro atoms. The molecule has 2 amide bonds. The van der Waals surface area contributed by atoms with Crippen molar-refractivity contribution in [3.8, 4) is 0 Å². The zero-order chi connectivity index (χ0) is 15.0. The molecule has 1 aliphatic rings. The molecule has 0 saturated carbocycles. The minimum Gasteiger partial charge on any atom is -0.365 e. The number of H-pyrrole nitrogens is 1. The average molecular weight is 305 g/mol. The van der Waals surface area contributed by atoms with Crippen LogP contribution in [0, 0.1) is 6.92 Å². The van der Waals surface area contributed by atoms with Crippen LogP contribution >= 0.6 is 11.3 Å². The summed E-state index contributed by atoms with van der Waals surface area (Å²) in [4.78, 5) is 30.6. The molecule has 3 rings (SSSR count). The SMILES string of the molecule is Cc1ncsc1C(=O)N1CCC[C@H]1c1[nH]ncc1C(N)=O. The number of carbonyl (C=O) groups is 2. The largest absolute Gasteiger partial charge is 0.365 e. The Morgan fingerprint density at radius 2 is 2.33 bits per heavy atom. The Hall–Kier alpha value is -2.22. The van der Waals surface area contributed by atoms with Crippen LogP contribution in [0.4, 0.5) is 0 Å². The summed E-state index contributed by atoms with van der Waals surface area (Å²) in [6.07, 6.45) is 3.08. The Balaban J connectivity index is 1.93. The number of hydrogen-bond acceptors (Lipinski definition) is 5. The molecule has 2 aromatic rings. The minimum absolute atomic E-state index is 0.0532. The van der Waals surface area contributed by atoms with Crippen molar-refractivity contribution in [3.63, 3.8) is 0 Å². The zero-order valence-electron chi connectivity index (χ0n) is 11.5. The van der Waals surface area contributed by atoms with E-state index in [2.05, 4.69) is 15.2 Å². The van der Waals surface area contributed by atoms with Crippen molar-refractivity contribution >= 4 is 23.2 Å². The topological polar surface area (TPSA) is 105 Å². The van der Waals surface area contributed by atoms with Gasteiger partial charge in [0.2, 0.25) is 0 Å². The van der Waals surface area contributed by atoms with Crippen LogP contribution < -0.4 is 5.73 Å². The lowest BCUT2D eigenvalue weighted by Crippen LogP contribution is -2.31.